The topological polar surface area (TPSA) is 24.7 Å². The Bertz CT molecular complexity index is 518. The van der Waals surface area contributed by atoms with Gasteiger partial charge in [-0.1, -0.05) is 60.7 Å². The Morgan fingerprint density at radius 1 is 0.950 bits per heavy atom. The predicted octanol–water partition coefficient (Wildman–Crippen LogP) is 1.05. The second-order valence-electron chi connectivity index (χ2n) is 5.52. The first-order valence-corrected chi connectivity index (χ1v) is 7.17. The van der Waals surface area contributed by atoms with E-state index in [-0.39, 0.29) is 6.04 Å². The summed E-state index contributed by atoms with van der Waals surface area (Å²) in [5.41, 5.74) is 0.811. The van der Waals surface area contributed by atoms with Crippen LogP contribution in [0.1, 0.15) is 24.0 Å². The lowest BCUT2D eigenvalue weighted by molar-refractivity contribution is -0.803. The molecule has 1 fully saturated rings. The van der Waals surface area contributed by atoms with Crippen LogP contribution in [-0.4, -0.2) is 25.7 Å². The van der Waals surface area contributed by atoms with Gasteiger partial charge in [-0.2, -0.15) is 0 Å². The molecule has 3 rings (SSSR count). The molecule has 2 aromatic carbocycles. The first kappa shape index (κ1) is 13.4. The molecule has 101 valence electrons. The number of quaternary nitrogens is 1. The van der Waals surface area contributed by atoms with Crippen LogP contribution in [0.15, 0.2) is 60.7 Å². The third-order valence-corrected chi connectivity index (χ3v) is 4.34. The molecule has 1 aliphatic rings. The van der Waals surface area contributed by atoms with Crippen LogP contribution >= 0.6 is 0 Å². The summed E-state index contributed by atoms with van der Waals surface area (Å²) in [5.74, 6) is 0. The van der Waals surface area contributed by atoms with Crippen LogP contribution in [0, 0.1) is 0 Å². The lowest BCUT2D eigenvalue weighted by Gasteiger charge is -2.42. The summed E-state index contributed by atoms with van der Waals surface area (Å²) < 4.78 is 0. The van der Waals surface area contributed by atoms with Gasteiger partial charge in [-0.05, 0) is 17.5 Å². The molecule has 1 saturated heterocycles. The average Bonchev–Trinajstić information content (AvgIpc) is 2.95. The summed E-state index contributed by atoms with van der Waals surface area (Å²) in [6.07, 6.45) is 1.99. The van der Waals surface area contributed by atoms with Crippen LogP contribution in [0.2, 0.25) is 0 Å². The normalized spacial score (nSPS) is 22.9. The predicted molar refractivity (Wildman–Crippen MR) is 80.5 cm³/mol. The van der Waals surface area contributed by atoms with Crippen LogP contribution in [0.5, 0.6) is 0 Å². The minimum atomic E-state index is -1.02. The zero-order chi connectivity index (χ0) is 14.0. The van der Waals surface area contributed by atoms with E-state index in [1.54, 1.807) is 0 Å². The van der Waals surface area contributed by atoms with Crippen molar-refractivity contribution in [2.75, 3.05) is 6.54 Å². The third kappa shape index (κ3) is 2.17. The van der Waals surface area contributed by atoms with E-state index >= 15 is 0 Å². The number of aliphatic hydroxyl groups is 1. The van der Waals surface area contributed by atoms with Gasteiger partial charge in [0.2, 0.25) is 0 Å². The van der Waals surface area contributed by atoms with E-state index < -0.39 is 5.60 Å². The van der Waals surface area contributed by atoms with E-state index in [4.69, 9.17) is 7.98 Å². The van der Waals surface area contributed by atoms with Crippen molar-refractivity contribution < 1.29 is 9.92 Å². The van der Waals surface area contributed by atoms with Gasteiger partial charge >= 0.3 is 0 Å². The summed E-state index contributed by atoms with van der Waals surface area (Å²) >= 11 is 0. The maximum absolute atomic E-state index is 11.5. The van der Waals surface area contributed by atoms with Gasteiger partial charge in [-0.25, -0.2) is 7.98 Å². The van der Waals surface area contributed by atoms with Gasteiger partial charge in [0, 0.05) is 13.0 Å². The molecule has 0 aliphatic carbocycles. The van der Waals surface area contributed by atoms with Crippen molar-refractivity contribution in [1.29, 1.82) is 0 Å². The Balaban J connectivity index is 2.13. The van der Waals surface area contributed by atoms with E-state index in [1.165, 1.54) is 0 Å². The molecule has 3 heteroatoms. The smallest absolute Gasteiger partial charge is 0.162 e. The Hall–Kier alpha value is -1.58. The van der Waals surface area contributed by atoms with Crippen molar-refractivity contribution in [3.63, 3.8) is 0 Å². The van der Waals surface area contributed by atoms with Crippen molar-refractivity contribution >= 4 is 7.98 Å². The molecular formula is C17H19BNO. The van der Waals surface area contributed by atoms with Crippen LogP contribution in [0.25, 0.3) is 0 Å². The molecule has 2 nitrogen and oxygen atoms in total. The molecule has 1 heterocycles. The van der Waals surface area contributed by atoms with Gasteiger partial charge in [0.05, 0.1) is 6.04 Å². The second-order valence-corrected chi connectivity index (χ2v) is 5.52. The summed E-state index contributed by atoms with van der Waals surface area (Å²) in [7, 11) is 6.20. The van der Waals surface area contributed by atoms with Crippen molar-refractivity contribution in [1.82, 2.24) is 0 Å². The van der Waals surface area contributed by atoms with Crippen LogP contribution in [0.3, 0.4) is 0 Å². The first-order valence-electron chi connectivity index (χ1n) is 7.17. The van der Waals surface area contributed by atoms with Gasteiger partial charge < -0.3 is 9.92 Å². The SMILES string of the molecule is [B-][NH+]1CCC[C@@H]1C(O)(c1ccccc1)c1ccccc1. The van der Waals surface area contributed by atoms with Gasteiger partial charge in [0.25, 0.3) is 0 Å². The average molecular weight is 264 g/mol. The van der Waals surface area contributed by atoms with Gasteiger partial charge in [-0.3, -0.25) is 0 Å². The molecule has 0 bridgehead atoms. The molecule has 2 atom stereocenters. The van der Waals surface area contributed by atoms with E-state index in [0.717, 1.165) is 35.3 Å². The second kappa shape index (κ2) is 5.43. The van der Waals surface area contributed by atoms with E-state index in [9.17, 15) is 5.11 Å². The number of hydrogen-bond donors (Lipinski definition) is 2. The summed E-state index contributed by atoms with van der Waals surface area (Å²) in [6.45, 7) is 0.909. The fourth-order valence-electron chi connectivity index (χ4n) is 3.30. The van der Waals surface area contributed by atoms with Crippen molar-refractivity contribution in [2.24, 2.45) is 0 Å². The first-order chi connectivity index (χ1) is 9.73. The monoisotopic (exact) mass is 264 g/mol. The Labute approximate surface area is 121 Å². The Kier molecular flexibility index (Phi) is 3.64. The molecule has 1 unspecified atom stereocenters. The summed E-state index contributed by atoms with van der Waals surface area (Å²) in [5, 5.41) is 11.5. The highest BCUT2D eigenvalue weighted by Gasteiger charge is 2.43. The highest BCUT2D eigenvalue weighted by molar-refractivity contribution is 5.95. The van der Waals surface area contributed by atoms with Crippen molar-refractivity contribution in [2.45, 2.75) is 24.5 Å². The lowest BCUT2D eigenvalue weighted by atomic mass is 9.78. The molecular weight excluding hydrogens is 245 g/mol. The third-order valence-electron chi connectivity index (χ3n) is 4.34. The lowest BCUT2D eigenvalue weighted by Crippen LogP contribution is -3.14. The zero-order valence-electron chi connectivity index (χ0n) is 11.5. The van der Waals surface area contributed by atoms with Crippen molar-refractivity contribution in [3.8, 4) is 0 Å². The highest BCUT2D eigenvalue weighted by atomic mass is 16.3. The minimum Gasteiger partial charge on any atom is -0.593 e. The standard InChI is InChI=1S/C17H19BNO/c18-19-13-7-12-16(19)17(20,14-8-3-1-4-9-14)15-10-5-2-6-11-15/h1-6,8-11,16,19-20H,7,12-13H2/t16-/m1/s1. The van der Waals surface area contributed by atoms with Crippen LogP contribution < -0.4 is 4.81 Å². The molecule has 1 aliphatic heterocycles. The molecule has 2 aromatic rings. The minimum absolute atomic E-state index is 0.00713. The molecule has 0 saturated carbocycles. The van der Waals surface area contributed by atoms with Crippen LogP contribution in [0.4, 0.5) is 0 Å². The molecule has 0 aromatic heterocycles. The number of rotatable bonds is 3. The maximum Gasteiger partial charge on any atom is 0.162 e. The number of nitrogens with one attached hydrogen (secondary N) is 1. The quantitative estimate of drug-likeness (QED) is 0.796. The van der Waals surface area contributed by atoms with Gasteiger partial charge in [0.1, 0.15) is 0 Å². The molecule has 3 radical (unpaired) electrons. The summed E-state index contributed by atoms with van der Waals surface area (Å²) in [6, 6.07) is 19.7. The number of hydrogen-bond acceptors (Lipinski definition) is 1. The zero-order valence-corrected chi connectivity index (χ0v) is 11.5. The highest BCUT2D eigenvalue weighted by Crippen LogP contribution is 2.34. The number of benzene rings is 2. The largest absolute Gasteiger partial charge is 0.593 e. The molecule has 0 spiro atoms. The Morgan fingerprint density at radius 2 is 1.45 bits per heavy atom. The molecule has 0 amide bonds. The molecule has 2 N–H and O–H groups in total. The maximum atomic E-state index is 11.5. The van der Waals surface area contributed by atoms with E-state index in [0.29, 0.717) is 0 Å². The molecule has 20 heavy (non-hydrogen) atoms. The van der Waals surface area contributed by atoms with Crippen molar-refractivity contribution in [3.05, 3.63) is 71.8 Å². The van der Waals surface area contributed by atoms with Crippen LogP contribution in [-0.2, 0) is 5.60 Å². The fourth-order valence-corrected chi connectivity index (χ4v) is 3.30. The van der Waals surface area contributed by atoms with Gasteiger partial charge in [0.15, 0.2) is 5.60 Å². The van der Waals surface area contributed by atoms with Gasteiger partial charge in [-0.15, -0.1) is 0 Å². The van der Waals surface area contributed by atoms with E-state index in [1.807, 2.05) is 60.7 Å². The van der Waals surface area contributed by atoms with E-state index in [2.05, 4.69) is 0 Å². The fraction of sp³-hybridized carbons (Fsp3) is 0.294. The Morgan fingerprint density at radius 3 is 1.85 bits per heavy atom. The summed E-state index contributed by atoms with van der Waals surface area (Å²) in [4.78, 5) is 0.917.